The average molecular weight is 307 g/mol. The molecule has 2 aromatic heterocycles. The molecule has 0 aliphatic carbocycles. The van der Waals surface area contributed by atoms with Gasteiger partial charge in [-0.05, 0) is 30.4 Å². The average Bonchev–Trinajstić information content (AvgIpc) is 3.06. The summed E-state index contributed by atoms with van der Waals surface area (Å²) in [5, 5.41) is 5.15. The molecule has 0 saturated heterocycles. The van der Waals surface area contributed by atoms with Gasteiger partial charge in [-0.15, -0.1) is 22.7 Å². The van der Waals surface area contributed by atoms with Crippen LogP contribution in [0, 0.1) is 6.92 Å². The quantitative estimate of drug-likeness (QED) is 0.943. The highest BCUT2D eigenvalue weighted by molar-refractivity contribution is 7.11. The maximum Gasteiger partial charge on any atom is 0.263 e. The Labute approximate surface area is 126 Å². The van der Waals surface area contributed by atoms with Gasteiger partial charge in [-0.3, -0.25) is 9.69 Å². The first-order valence-corrected chi connectivity index (χ1v) is 8.46. The molecule has 0 saturated carbocycles. The van der Waals surface area contributed by atoms with Crippen LogP contribution in [0.2, 0.25) is 0 Å². The lowest BCUT2D eigenvalue weighted by atomic mass is 10.1. The van der Waals surface area contributed by atoms with Gasteiger partial charge in [0.25, 0.3) is 5.91 Å². The van der Waals surface area contributed by atoms with Crippen molar-refractivity contribution < 1.29 is 4.79 Å². The Bertz CT molecular complexity index is 605. The van der Waals surface area contributed by atoms with E-state index in [0.717, 1.165) is 36.6 Å². The summed E-state index contributed by atoms with van der Waals surface area (Å²) in [4.78, 5) is 20.7. The van der Waals surface area contributed by atoms with Gasteiger partial charge in [0.1, 0.15) is 4.88 Å². The molecule has 6 heteroatoms. The van der Waals surface area contributed by atoms with Crippen molar-refractivity contribution in [3.05, 3.63) is 38.0 Å². The van der Waals surface area contributed by atoms with E-state index < -0.39 is 0 Å². The first kappa shape index (κ1) is 13.7. The number of thiazole rings is 1. The molecule has 20 heavy (non-hydrogen) atoms. The van der Waals surface area contributed by atoms with Gasteiger partial charge in [-0.25, -0.2) is 4.98 Å². The molecule has 0 spiro atoms. The van der Waals surface area contributed by atoms with E-state index in [1.165, 1.54) is 21.8 Å². The minimum Gasteiger partial charge on any atom is -0.350 e. The Morgan fingerprint density at radius 1 is 1.50 bits per heavy atom. The van der Waals surface area contributed by atoms with Crippen LogP contribution >= 0.6 is 22.7 Å². The fourth-order valence-corrected chi connectivity index (χ4v) is 4.03. The lowest BCUT2D eigenvalue weighted by molar-refractivity contribution is 0.0950. The minimum atomic E-state index is -0.00164. The first-order chi connectivity index (χ1) is 9.74. The van der Waals surface area contributed by atoms with E-state index in [0.29, 0.717) is 6.54 Å². The number of fused-ring (bicyclic) bond motifs is 1. The topological polar surface area (TPSA) is 45.2 Å². The van der Waals surface area contributed by atoms with E-state index >= 15 is 0 Å². The molecule has 0 aromatic carbocycles. The van der Waals surface area contributed by atoms with Crippen molar-refractivity contribution in [2.45, 2.75) is 19.9 Å². The molecule has 0 unspecified atom stereocenters. The highest BCUT2D eigenvalue weighted by Crippen LogP contribution is 2.23. The number of hydrogen-bond acceptors (Lipinski definition) is 5. The van der Waals surface area contributed by atoms with Gasteiger partial charge < -0.3 is 5.32 Å². The van der Waals surface area contributed by atoms with Crippen LogP contribution in [0.3, 0.4) is 0 Å². The molecule has 3 heterocycles. The Hall–Kier alpha value is -1.24. The zero-order valence-corrected chi connectivity index (χ0v) is 13.0. The fourth-order valence-electron chi connectivity index (χ4n) is 2.43. The van der Waals surface area contributed by atoms with E-state index in [9.17, 15) is 4.79 Å². The zero-order valence-electron chi connectivity index (χ0n) is 11.4. The number of rotatable bonds is 4. The second-order valence-electron chi connectivity index (χ2n) is 4.92. The molecular formula is C14H17N3OS2. The molecule has 4 nitrogen and oxygen atoms in total. The molecule has 2 aromatic rings. The molecule has 0 radical (unpaired) electrons. The van der Waals surface area contributed by atoms with Crippen LogP contribution in [-0.4, -0.2) is 35.4 Å². The standard InChI is InChI=1S/C14H17N3OS2/c1-10-13(20-9-16-10)14(18)15-4-6-17-5-2-12-11(8-17)3-7-19-12/h3,7,9H,2,4-6,8H2,1H3,(H,15,18). The van der Waals surface area contributed by atoms with Crippen molar-refractivity contribution in [1.29, 1.82) is 0 Å². The molecule has 0 fully saturated rings. The van der Waals surface area contributed by atoms with Crippen LogP contribution in [0.5, 0.6) is 0 Å². The van der Waals surface area contributed by atoms with Crippen molar-refractivity contribution in [1.82, 2.24) is 15.2 Å². The Kier molecular flexibility index (Phi) is 4.14. The molecule has 1 aliphatic heterocycles. The third kappa shape index (κ3) is 2.92. The monoisotopic (exact) mass is 307 g/mol. The number of nitrogens with one attached hydrogen (secondary N) is 1. The normalized spacial score (nSPS) is 15.1. The number of aryl methyl sites for hydroxylation is 1. The minimum absolute atomic E-state index is 0.00164. The van der Waals surface area contributed by atoms with Gasteiger partial charge in [0, 0.05) is 31.1 Å². The van der Waals surface area contributed by atoms with Crippen molar-refractivity contribution in [3.63, 3.8) is 0 Å². The predicted octanol–water partition coefficient (Wildman–Crippen LogP) is 2.30. The molecule has 106 valence electrons. The van der Waals surface area contributed by atoms with Crippen LogP contribution in [0.15, 0.2) is 17.0 Å². The Balaban J connectivity index is 1.47. The van der Waals surface area contributed by atoms with Crippen LogP contribution in [0.1, 0.15) is 25.8 Å². The number of carbonyl (C=O) groups is 1. The summed E-state index contributed by atoms with van der Waals surface area (Å²) in [5.74, 6) is -0.00164. The fraction of sp³-hybridized carbons (Fsp3) is 0.429. The molecule has 0 bridgehead atoms. The van der Waals surface area contributed by atoms with Crippen molar-refractivity contribution in [2.24, 2.45) is 0 Å². The summed E-state index contributed by atoms with van der Waals surface area (Å²) in [6.45, 7) is 5.56. The number of aromatic nitrogens is 1. The van der Waals surface area contributed by atoms with Crippen molar-refractivity contribution in [2.75, 3.05) is 19.6 Å². The molecule has 3 rings (SSSR count). The maximum absolute atomic E-state index is 12.0. The van der Waals surface area contributed by atoms with Crippen LogP contribution in [-0.2, 0) is 13.0 Å². The van der Waals surface area contributed by atoms with Gasteiger partial charge >= 0.3 is 0 Å². The molecule has 1 amide bonds. The van der Waals surface area contributed by atoms with Gasteiger partial charge in [0.2, 0.25) is 0 Å². The summed E-state index contributed by atoms with van der Waals surface area (Å²) in [5.41, 5.74) is 3.98. The lowest BCUT2D eigenvalue weighted by Gasteiger charge is -2.26. The van der Waals surface area contributed by atoms with Crippen LogP contribution in [0.25, 0.3) is 0 Å². The number of amides is 1. The van der Waals surface area contributed by atoms with E-state index in [2.05, 4.69) is 26.6 Å². The largest absolute Gasteiger partial charge is 0.350 e. The second kappa shape index (κ2) is 6.03. The number of carbonyl (C=O) groups excluding carboxylic acids is 1. The summed E-state index contributed by atoms with van der Waals surface area (Å²) < 4.78 is 0. The molecule has 0 atom stereocenters. The summed E-state index contributed by atoms with van der Waals surface area (Å²) >= 11 is 3.25. The van der Waals surface area contributed by atoms with E-state index in [1.54, 1.807) is 5.51 Å². The predicted molar refractivity (Wildman–Crippen MR) is 82.5 cm³/mol. The lowest BCUT2D eigenvalue weighted by Crippen LogP contribution is -2.37. The van der Waals surface area contributed by atoms with Crippen LogP contribution in [0.4, 0.5) is 0 Å². The number of nitrogens with zero attached hydrogens (tertiary/aromatic N) is 2. The van der Waals surface area contributed by atoms with Gasteiger partial charge in [0.05, 0.1) is 11.2 Å². The third-order valence-corrected chi connectivity index (χ3v) is 5.50. The SMILES string of the molecule is Cc1ncsc1C(=O)NCCN1CCc2sccc2C1. The van der Waals surface area contributed by atoms with Crippen LogP contribution < -0.4 is 5.32 Å². The van der Waals surface area contributed by atoms with E-state index in [4.69, 9.17) is 0 Å². The van der Waals surface area contributed by atoms with Crippen molar-refractivity contribution in [3.8, 4) is 0 Å². The molecule has 1 aliphatic rings. The van der Waals surface area contributed by atoms with E-state index in [1.807, 2.05) is 18.3 Å². The van der Waals surface area contributed by atoms with Gasteiger partial charge in [-0.2, -0.15) is 0 Å². The smallest absolute Gasteiger partial charge is 0.263 e. The molecule has 1 N–H and O–H groups in total. The highest BCUT2D eigenvalue weighted by atomic mass is 32.1. The summed E-state index contributed by atoms with van der Waals surface area (Å²) in [7, 11) is 0. The Morgan fingerprint density at radius 3 is 3.20 bits per heavy atom. The van der Waals surface area contributed by atoms with Crippen molar-refractivity contribution >= 4 is 28.6 Å². The maximum atomic E-state index is 12.0. The highest BCUT2D eigenvalue weighted by Gasteiger charge is 2.17. The summed E-state index contributed by atoms with van der Waals surface area (Å²) in [6.07, 6.45) is 1.13. The Morgan fingerprint density at radius 2 is 2.40 bits per heavy atom. The summed E-state index contributed by atoms with van der Waals surface area (Å²) in [6, 6.07) is 2.21. The number of thiophene rings is 1. The van der Waals surface area contributed by atoms with Gasteiger partial charge in [-0.1, -0.05) is 0 Å². The first-order valence-electron chi connectivity index (χ1n) is 6.70. The zero-order chi connectivity index (χ0) is 13.9. The van der Waals surface area contributed by atoms with Gasteiger partial charge in [0.15, 0.2) is 0 Å². The molecular weight excluding hydrogens is 290 g/mol. The third-order valence-electron chi connectivity index (χ3n) is 3.55. The second-order valence-corrected chi connectivity index (χ2v) is 6.77. The van der Waals surface area contributed by atoms with E-state index in [-0.39, 0.29) is 5.91 Å². The number of hydrogen-bond donors (Lipinski definition) is 1.